The number of carbonyl (C=O) groups excluding carboxylic acids is 6. The minimum Gasteiger partial charge on any atom is -0.456 e. The number of nitrogens with zero attached hydrogens (tertiary/aromatic N) is 1. The van der Waals surface area contributed by atoms with Gasteiger partial charge in [-0.25, -0.2) is 5.43 Å². The average molecular weight is 1040 g/mol. The molecule has 2 saturated heterocycles. The van der Waals surface area contributed by atoms with Crippen molar-refractivity contribution in [1.29, 1.82) is 0 Å². The predicted molar refractivity (Wildman–Crippen MR) is 288 cm³/mol. The lowest BCUT2D eigenvalue weighted by Gasteiger charge is -2.48. The zero-order valence-corrected chi connectivity index (χ0v) is 45.8. The van der Waals surface area contributed by atoms with Crippen LogP contribution in [0.1, 0.15) is 132 Å². The Kier molecular flexibility index (Phi) is 23.2. The molecule has 4 heterocycles. The number of hydrazine groups is 1. The fourth-order valence-electron chi connectivity index (χ4n) is 10.3. The Bertz CT molecular complexity index is 2250. The highest BCUT2D eigenvalue weighted by atomic mass is 16.5. The lowest BCUT2D eigenvalue weighted by atomic mass is 9.78. The maximum Gasteiger partial charge on any atom is 0.325 e. The van der Waals surface area contributed by atoms with Crippen molar-refractivity contribution >= 4 is 35.4 Å². The first-order valence-electron chi connectivity index (χ1n) is 27.5. The summed E-state index contributed by atoms with van der Waals surface area (Å²) in [4.78, 5) is 81.8. The number of carbonyl (C=O) groups is 6. The number of cyclic esters (lactones) is 1. The molecule has 75 heavy (non-hydrogen) atoms. The van der Waals surface area contributed by atoms with E-state index in [1.807, 2.05) is 75.4 Å². The van der Waals surface area contributed by atoms with Crippen molar-refractivity contribution in [2.45, 2.75) is 187 Å². The van der Waals surface area contributed by atoms with E-state index in [4.69, 9.17) is 9.47 Å². The van der Waals surface area contributed by atoms with E-state index < -0.39 is 89.7 Å². The van der Waals surface area contributed by atoms with Gasteiger partial charge < -0.3 is 45.5 Å². The fourth-order valence-corrected chi connectivity index (χ4v) is 10.3. The van der Waals surface area contributed by atoms with Gasteiger partial charge in [-0.05, 0) is 87.8 Å². The summed E-state index contributed by atoms with van der Waals surface area (Å²) in [5.41, 5.74) is 3.74. The number of fused-ring (bicyclic) bond motifs is 2. The Labute approximate surface area is 445 Å². The minimum absolute atomic E-state index is 0.00629. The lowest BCUT2D eigenvalue weighted by Crippen LogP contribution is -2.62. The van der Waals surface area contributed by atoms with Gasteiger partial charge in [0.05, 0.1) is 30.3 Å². The quantitative estimate of drug-likeness (QED) is 0.0586. The summed E-state index contributed by atoms with van der Waals surface area (Å²) in [6, 6.07) is 6.06. The molecule has 1 unspecified atom stereocenters. The molecule has 0 aromatic heterocycles. The SMILES string of the molecule is CC[C@H]1C[C@H](C)[C@@]2(C=C[C@@H](C)[C@H](C[C@H](O)[C@@H](C)CC/C=C/C=C(\C)[C@@H]3C/C=C/C=C/[C@H](O)[C@H](C)[C@@H](O)[C@@H](CCC(C)=O)C(=O)N[C@@H](C(C)C)C(=O)N[C@@H](Cc4ccccc4)C(=O)N4CCCC(N4)C(=O)O3)O2)NC1=O. The number of hydrogen-bond acceptors (Lipinski definition) is 12. The Morgan fingerprint density at radius 2 is 1.69 bits per heavy atom. The van der Waals surface area contributed by atoms with E-state index in [1.54, 1.807) is 39.0 Å². The lowest BCUT2D eigenvalue weighted by molar-refractivity contribution is -0.174. The van der Waals surface area contributed by atoms with Crippen LogP contribution in [0.2, 0.25) is 0 Å². The van der Waals surface area contributed by atoms with Gasteiger partial charge in [0.25, 0.3) is 5.91 Å². The van der Waals surface area contributed by atoms with E-state index in [9.17, 15) is 44.1 Å². The van der Waals surface area contributed by atoms with E-state index in [1.165, 1.54) is 18.0 Å². The molecule has 1 spiro atoms. The molecule has 414 valence electrons. The summed E-state index contributed by atoms with van der Waals surface area (Å²) in [5, 5.41) is 44.4. The van der Waals surface area contributed by atoms with Gasteiger partial charge in [-0.3, -0.25) is 29.0 Å². The van der Waals surface area contributed by atoms with Gasteiger partial charge in [0.1, 0.15) is 30.0 Å². The van der Waals surface area contributed by atoms with Crippen molar-refractivity contribution in [3.8, 4) is 0 Å². The summed E-state index contributed by atoms with van der Waals surface area (Å²) in [7, 11) is 0. The largest absolute Gasteiger partial charge is 0.456 e. The highest BCUT2D eigenvalue weighted by Gasteiger charge is 2.48. The van der Waals surface area contributed by atoms with Gasteiger partial charge in [-0.2, -0.15) is 0 Å². The molecule has 1 aromatic rings. The highest BCUT2D eigenvalue weighted by molar-refractivity contribution is 5.93. The summed E-state index contributed by atoms with van der Waals surface area (Å²) in [5.74, 6) is -4.90. The number of ketones is 1. The van der Waals surface area contributed by atoms with Crippen LogP contribution in [0.25, 0.3) is 0 Å². The Hall–Kier alpha value is -5.26. The summed E-state index contributed by atoms with van der Waals surface area (Å²) in [6.07, 6.45) is 16.8. The first-order valence-corrected chi connectivity index (χ1v) is 27.5. The number of ether oxygens (including phenoxy) is 2. The molecule has 15 atom stereocenters. The number of aliphatic hydroxyl groups is 3. The standard InChI is InChI=1S/C59H87N5O11/c1-10-44-33-40(7)59(62-54(44)69)31-30-39(6)51(75-59)35-49(67)37(4)21-14-11-15-22-38(5)50-27-19-13-18-26-48(66)42(9)53(68)45(29-28-41(8)65)55(70)61-52(36(2)3)56(71)60-47(34-43-23-16-12-17-24-43)57(72)64-32-20-25-46(63-64)58(73)74-50/h11-13,15-19,22-24,26,30-31,36-37,39-40,42,44-53,63,66-68H,10,14,20-21,25,27-29,32-35H2,1-9H3,(H,60,71)(H,61,70)(H,62,69)/b15-11+,19-13+,26-18+,38-22+/t37-,39+,40-,42-,44-,45+,46?,47-,48-,49-,50-,51-,52-,53+,59-/m0/s1. The molecule has 16 heteroatoms. The number of piperidine rings is 1. The fraction of sp³-hybridized carbons (Fsp3) is 0.627. The van der Waals surface area contributed by atoms with Gasteiger partial charge >= 0.3 is 5.97 Å². The van der Waals surface area contributed by atoms with Gasteiger partial charge in [0.15, 0.2) is 5.72 Å². The molecule has 7 N–H and O–H groups in total. The van der Waals surface area contributed by atoms with Crippen LogP contribution in [0.5, 0.6) is 0 Å². The average Bonchev–Trinajstić information content (AvgIpc) is 3.38. The van der Waals surface area contributed by atoms with E-state index in [0.717, 1.165) is 24.0 Å². The van der Waals surface area contributed by atoms with Crippen LogP contribution in [0.3, 0.4) is 0 Å². The topological polar surface area (TPSA) is 233 Å². The zero-order valence-electron chi connectivity index (χ0n) is 45.8. The molecule has 4 aliphatic heterocycles. The molecule has 0 radical (unpaired) electrons. The second-order valence-electron chi connectivity index (χ2n) is 22.1. The number of Topliss-reactive ketones (excluding diaryl/α,β-unsaturated/α-hetero) is 1. The van der Waals surface area contributed by atoms with Crippen molar-refractivity contribution in [2.75, 3.05) is 6.54 Å². The first kappa shape index (κ1) is 60.6. The molecule has 0 aliphatic carbocycles. The molecule has 2 bridgehead atoms. The minimum atomic E-state index is -1.40. The maximum absolute atomic E-state index is 14.5. The van der Waals surface area contributed by atoms with Gasteiger partial charge in [0, 0.05) is 55.9 Å². The highest BCUT2D eigenvalue weighted by Crippen LogP contribution is 2.39. The number of rotatable bonds is 15. The molecule has 1 aromatic carbocycles. The number of benzene rings is 1. The summed E-state index contributed by atoms with van der Waals surface area (Å²) < 4.78 is 12.8. The number of nitrogens with one attached hydrogen (secondary N) is 4. The van der Waals surface area contributed by atoms with Crippen LogP contribution in [-0.2, 0) is 44.7 Å². The number of hydrogen-bond donors (Lipinski definition) is 7. The Balaban J connectivity index is 1.33. The third kappa shape index (κ3) is 17.1. The van der Waals surface area contributed by atoms with E-state index >= 15 is 0 Å². The molecule has 4 aliphatic rings. The van der Waals surface area contributed by atoms with Gasteiger partial charge in [-0.1, -0.05) is 127 Å². The van der Waals surface area contributed by atoms with Crippen molar-refractivity contribution in [1.82, 2.24) is 26.4 Å². The molecular formula is C59H87N5O11. The van der Waals surface area contributed by atoms with Crippen molar-refractivity contribution in [3.63, 3.8) is 0 Å². The van der Waals surface area contributed by atoms with Crippen LogP contribution in [0.15, 0.2) is 90.6 Å². The van der Waals surface area contributed by atoms with Crippen molar-refractivity contribution < 1.29 is 53.6 Å². The Morgan fingerprint density at radius 1 is 0.960 bits per heavy atom. The number of amides is 4. The third-order valence-corrected chi connectivity index (χ3v) is 15.7. The third-order valence-electron chi connectivity index (χ3n) is 15.7. The Morgan fingerprint density at radius 3 is 2.39 bits per heavy atom. The normalized spacial score (nSPS) is 33.6. The smallest absolute Gasteiger partial charge is 0.325 e. The second-order valence-corrected chi connectivity index (χ2v) is 22.1. The van der Waals surface area contributed by atoms with E-state index in [-0.39, 0.29) is 73.7 Å². The maximum atomic E-state index is 14.5. The van der Waals surface area contributed by atoms with Gasteiger partial charge in [-0.15, -0.1) is 0 Å². The summed E-state index contributed by atoms with van der Waals surface area (Å²) >= 11 is 0. The summed E-state index contributed by atoms with van der Waals surface area (Å²) in [6.45, 7) is 16.8. The molecular weight excluding hydrogens is 955 g/mol. The predicted octanol–water partition coefficient (Wildman–Crippen LogP) is 6.26. The number of allylic oxidation sites excluding steroid dienone is 5. The van der Waals surface area contributed by atoms with Crippen molar-refractivity contribution in [2.24, 2.45) is 41.4 Å². The molecule has 4 amide bonds. The van der Waals surface area contributed by atoms with Crippen LogP contribution < -0.4 is 21.4 Å². The van der Waals surface area contributed by atoms with E-state index in [0.29, 0.717) is 32.1 Å². The van der Waals surface area contributed by atoms with Gasteiger partial charge in [0.2, 0.25) is 17.7 Å². The zero-order chi connectivity index (χ0) is 55.0. The monoisotopic (exact) mass is 1040 g/mol. The number of esters is 1. The van der Waals surface area contributed by atoms with Crippen LogP contribution >= 0.6 is 0 Å². The van der Waals surface area contributed by atoms with Crippen LogP contribution in [0, 0.1) is 41.4 Å². The molecule has 0 saturated carbocycles. The molecule has 2 fully saturated rings. The van der Waals surface area contributed by atoms with Crippen LogP contribution in [-0.4, -0.2) is 117 Å². The number of aliphatic hydroxyl groups excluding tert-OH is 3. The second kappa shape index (κ2) is 28.8. The molecule has 16 nitrogen and oxygen atoms in total. The van der Waals surface area contributed by atoms with E-state index in [2.05, 4.69) is 41.3 Å². The van der Waals surface area contributed by atoms with Crippen molar-refractivity contribution in [3.05, 3.63) is 96.2 Å². The molecule has 5 rings (SSSR count). The van der Waals surface area contributed by atoms with Crippen LogP contribution in [0.4, 0.5) is 0 Å². The first-order chi connectivity index (χ1) is 35.6.